The predicted octanol–water partition coefficient (Wildman–Crippen LogP) is 3.09. The van der Waals surface area contributed by atoms with Crippen LogP contribution in [0.4, 0.5) is 0 Å². The Labute approximate surface area is 143 Å². The fourth-order valence-corrected chi connectivity index (χ4v) is 2.58. The van der Waals surface area contributed by atoms with Crippen molar-refractivity contribution < 1.29 is 26.9 Å². The molecule has 4 rings (SSSR count). The number of benzene rings is 3. The van der Waals surface area contributed by atoms with E-state index >= 15 is 0 Å². The van der Waals surface area contributed by atoms with Crippen LogP contribution in [0.3, 0.4) is 0 Å². The smallest absolute Gasteiger partial charge is 0.872 e. The molecule has 0 atom stereocenters. The largest absolute Gasteiger partial charge is 2.00 e. The topological polar surface area (TPSA) is 59.3 Å². The molecule has 0 bridgehead atoms. The van der Waals surface area contributed by atoms with Gasteiger partial charge in [-0.2, -0.15) is 0 Å². The summed E-state index contributed by atoms with van der Waals surface area (Å²) in [5, 5.41) is 14.4. The summed E-state index contributed by atoms with van der Waals surface area (Å²) < 4.78 is 5.06. The van der Waals surface area contributed by atoms with Gasteiger partial charge >= 0.3 is 17.1 Å². The molecule has 1 aromatic heterocycles. The molecule has 0 unspecified atom stereocenters. The van der Waals surface area contributed by atoms with Crippen LogP contribution in [0.5, 0.6) is 11.5 Å². The van der Waals surface area contributed by atoms with E-state index in [4.69, 9.17) is 4.74 Å². The first-order valence-electron chi connectivity index (χ1n) is 6.93. The quantitative estimate of drug-likeness (QED) is 0.521. The van der Waals surface area contributed by atoms with Crippen LogP contribution < -0.4 is 14.8 Å². The monoisotopic (exact) mass is 351 g/mol. The molecular formula is C18H12CuN2O2. The van der Waals surface area contributed by atoms with E-state index in [1.165, 1.54) is 13.2 Å². The van der Waals surface area contributed by atoms with Crippen LogP contribution in [-0.2, 0) is 17.1 Å². The molecule has 0 N–H and O–H groups in total. The van der Waals surface area contributed by atoms with Crippen molar-refractivity contribution in [1.82, 2.24) is 9.97 Å². The summed E-state index contributed by atoms with van der Waals surface area (Å²) in [4.78, 5) is 8.99. The molecule has 0 aliphatic rings. The number of rotatable bonds is 2. The second-order valence-electron chi connectivity index (χ2n) is 5.10. The third kappa shape index (κ3) is 2.65. The Kier molecular flexibility index (Phi) is 3.99. The van der Waals surface area contributed by atoms with Crippen LogP contribution in [-0.4, -0.2) is 12.1 Å². The minimum absolute atomic E-state index is 0. The van der Waals surface area contributed by atoms with Gasteiger partial charge in [0.1, 0.15) is 5.75 Å². The van der Waals surface area contributed by atoms with E-state index in [0.29, 0.717) is 17.1 Å². The van der Waals surface area contributed by atoms with Crippen molar-refractivity contribution in [1.29, 1.82) is 0 Å². The van der Waals surface area contributed by atoms with E-state index in [9.17, 15) is 5.11 Å². The minimum Gasteiger partial charge on any atom is -0.872 e. The molecule has 0 saturated heterocycles. The molecule has 117 valence electrons. The molecule has 3 aromatic carbocycles. The summed E-state index contributed by atoms with van der Waals surface area (Å²) in [6, 6.07) is 16.9. The van der Waals surface area contributed by atoms with Gasteiger partial charge in [0.2, 0.25) is 0 Å². The molecule has 5 heteroatoms. The molecule has 4 aromatic rings. The van der Waals surface area contributed by atoms with E-state index in [1.807, 2.05) is 36.4 Å². The van der Waals surface area contributed by atoms with Gasteiger partial charge in [-0.3, -0.25) is 0 Å². The molecule has 4 nitrogen and oxygen atoms in total. The number of hydrogen-bond donors (Lipinski definition) is 0. The molecule has 0 amide bonds. The van der Waals surface area contributed by atoms with Gasteiger partial charge in [0.25, 0.3) is 0 Å². The standard InChI is InChI=1S/C18H13N2O2.Cu/c1-22-13-6-7-14(17(21)10-13)18-19-15-8-11-4-2-3-5-12(11)9-16(15)20-18;/h2-10H,1H3,(H-,19,20,21);/q-1;+2/p-1. The van der Waals surface area contributed by atoms with Crippen molar-refractivity contribution in [3.8, 4) is 22.9 Å². The molecular weight excluding hydrogens is 340 g/mol. The molecule has 0 aliphatic carbocycles. The third-order valence-corrected chi connectivity index (χ3v) is 3.73. The summed E-state index contributed by atoms with van der Waals surface area (Å²) in [5.74, 6) is 0.854. The normalized spacial score (nSPS) is 10.7. The van der Waals surface area contributed by atoms with Gasteiger partial charge in [-0.05, 0) is 39.5 Å². The Morgan fingerprint density at radius 2 is 1.74 bits per heavy atom. The van der Waals surface area contributed by atoms with Crippen molar-refractivity contribution in [2.24, 2.45) is 0 Å². The second kappa shape index (κ2) is 5.95. The summed E-state index contributed by atoms with van der Waals surface area (Å²) in [5.41, 5.74) is 2.08. The molecule has 23 heavy (non-hydrogen) atoms. The number of fused-ring (bicyclic) bond motifs is 2. The Bertz CT molecular complexity index is 942. The number of aromatic nitrogens is 2. The minimum atomic E-state index is -0.140. The van der Waals surface area contributed by atoms with Crippen LogP contribution in [0.25, 0.3) is 33.2 Å². The summed E-state index contributed by atoms with van der Waals surface area (Å²) in [6.07, 6.45) is 0. The SMILES string of the molecule is COc1ccc(-c2nc3cc4ccccc4cc3[n-]2)c([O-])c1.[Cu+2]. The van der Waals surface area contributed by atoms with Crippen molar-refractivity contribution in [3.63, 3.8) is 0 Å². The zero-order valence-electron chi connectivity index (χ0n) is 12.2. The number of nitrogens with zero attached hydrogens (tertiary/aromatic N) is 2. The predicted molar refractivity (Wildman–Crippen MR) is 84.0 cm³/mol. The van der Waals surface area contributed by atoms with Crippen molar-refractivity contribution >= 4 is 21.8 Å². The summed E-state index contributed by atoms with van der Waals surface area (Å²) >= 11 is 0. The first-order valence-corrected chi connectivity index (χ1v) is 6.93. The molecule has 0 saturated carbocycles. The van der Waals surface area contributed by atoms with Gasteiger partial charge in [0.15, 0.2) is 0 Å². The number of ether oxygens (including phenoxy) is 1. The maximum absolute atomic E-state index is 12.2. The molecule has 1 heterocycles. The average molecular weight is 352 g/mol. The van der Waals surface area contributed by atoms with Crippen molar-refractivity contribution in [3.05, 3.63) is 54.6 Å². The van der Waals surface area contributed by atoms with Crippen molar-refractivity contribution in [2.45, 2.75) is 0 Å². The Morgan fingerprint density at radius 3 is 2.43 bits per heavy atom. The molecule has 0 fully saturated rings. The zero-order valence-corrected chi connectivity index (χ0v) is 13.2. The van der Waals surface area contributed by atoms with Gasteiger partial charge in [-0.25, -0.2) is 0 Å². The van der Waals surface area contributed by atoms with Crippen molar-refractivity contribution in [2.75, 3.05) is 7.11 Å². The summed E-state index contributed by atoms with van der Waals surface area (Å²) in [6.45, 7) is 0. The second-order valence-corrected chi connectivity index (χ2v) is 5.10. The van der Waals surface area contributed by atoms with Crippen LogP contribution in [0.2, 0.25) is 0 Å². The number of imidazole rings is 1. The maximum Gasteiger partial charge on any atom is 2.00 e. The maximum atomic E-state index is 12.2. The fraction of sp³-hybridized carbons (Fsp3) is 0.0556. The average Bonchev–Trinajstić information content (AvgIpc) is 2.94. The van der Waals surface area contributed by atoms with E-state index in [2.05, 4.69) is 9.97 Å². The van der Waals surface area contributed by atoms with Gasteiger partial charge in [0, 0.05) is 0 Å². The molecule has 0 aliphatic heterocycles. The Hall–Kier alpha value is -2.49. The van der Waals surface area contributed by atoms with E-state index in [0.717, 1.165) is 21.8 Å². The van der Waals surface area contributed by atoms with Gasteiger partial charge in [-0.1, -0.05) is 54.0 Å². The molecule has 1 radical (unpaired) electrons. The van der Waals surface area contributed by atoms with Gasteiger partial charge in [0.05, 0.1) is 7.11 Å². The van der Waals surface area contributed by atoms with Gasteiger partial charge in [-0.15, -0.1) is 0 Å². The van der Waals surface area contributed by atoms with E-state index in [1.54, 1.807) is 12.1 Å². The zero-order chi connectivity index (χ0) is 15.1. The van der Waals surface area contributed by atoms with Crippen LogP contribution >= 0.6 is 0 Å². The van der Waals surface area contributed by atoms with E-state index < -0.39 is 0 Å². The first-order chi connectivity index (χ1) is 10.7. The van der Waals surface area contributed by atoms with Crippen LogP contribution in [0.15, 0.2) is 54.6 Å². The van der Waals surface area contributed by atoms with E-state index in [-0.39, 0.29) is 22.8 Å². The third-order valence-electron chi connectivity index (χ3n) is 3.73. The van der Waals surface area contributed by atoms with Crippen LogP contribution in [0, 0.1) is 0 Å². The Morgan fingerprint density at radius 1 is 1.00 bits per heavy atom. The number of hydrogen-bond acceptors (Lipinski definition) is 3. The Balaban J connectivity index is 0.00000156. The number of methoxy groups -OCH3 is 1. The fourth-order valence-electron chi connectivity index (χ4n) is 2.58. The molecule has 0 spiro atoms. The summed E-state index contributed by atoms with van der Waals surface area (Å²) in [7, 11) is 1.54. The van der Waals surface area contributed by atoms with Gasteiger partial charge < -0.3 is 19.8 Å². The first kappa shape index (κ1) is 15.4. The van der Waals surface area contributed by atoms with Crippen LogP contribution in [0.1, 0.15) is 0 Å².